The van der Waals surface area contributed by atoms with E-state index in [1.807, 2.05) is 6.92 Å². The van der Waals surface area contributed by atoms with Crippen LogP contribution in [-0.4, -0.2) is 41.1 Å². The smallest absolute Gasteiger partial charge is 0.222 e. The summed E-state index contributed by atoms with van der Waals surface area (Å²) in [4.78, 5) is 11.3. The van der Waals surface area contributed by atoms with Gasteiger partial charge in [0.05, 0.1) is 5.56 Å². The minimum Gasteiger partial charge on any atom is -0.474 e. The van der Waals surface area contributed by atoms with E-state index >= 15 is 0 Å². The molecule has 1 saturated heterocycles. The van der Waals surface area contributed by atoms with Crippen molar-refractivity contribution in [2.24, 2.45) is 0 Å². The molecule has 0 radical (unpaired) electrons. The SMILES string of the molecule is Cc1c(N)nc(C(C)(C)C)nc1OC1CCN(C)CC1. The third kappa shape index (κ3) is 3.39. The lowest BCUT2D eigenvalue weighted by Gasteiger charge is -2.29. The highest BCUT2D eigenvalue weighted by atomic mass is 16.5. The van der Waals surface area contributed by atoms with Gasteiger partial charge in [-0.15, -0.1) is 0 Å². The second kappa shape index (κ2) is 5.56. The van der Waals surface area contributed by atoms with Gasteiger partial charge in [-0.3, -0.25) is 0 Å². The molecule has 2 rings (SSSR count). The van der Waals surface area contributed by atoms with Gasteiger partial charge in [0.1, 0.15) is 17.7 Å². The molecule has 1 aliphatic rings. The molecule has 1 aliphatic heterocycles. The topological polar surface area (TPSA) is 64.3 Å². The molecule has 1 fully saturated rings. The molecule has 5 nitrogen and oxygen atoms in total. The molecular weight excluding hydrogens is 252 g/mol. The molecule has 1 aromatic heterocycles. The van der Waals surface area contributed by atoms with Crippen molar-refractivity contribution in [3.63, 3.8) is 0 Å². The maximum absolute atomic E-state index is 6.09. The Balaban J connectivity index is 2.20. The van der Waals surface area contributed by atoms with Crippen LogP contribution in [0.3, 0.4) is 0 Å². The number of hydrogen-bond acceptors (Lipinski definition) is 5. The highest BCUT2D eigenvalue weighted by Gasteiger charge is 2.24. The van der Waals surface area contributed by atoms with Crippen LogP contribution in [0.2, 0.25) is 0 Å². The summed E-state index contributed by atoms with van der Waals surface area (Å²) in [7, 11) is 2.14. The zero-order valence-corrected chi connectivity index (χ0v) is 13.2. The Bertz CT molecular complexity index is 473. The second-order valence-corrected chi connectivity index (χ2v) is 6.73. The molecule has 20 heavy (non-hydrogen) atoms. The fourth-order valence-corrected chi connectivity index (χ4v) is 2.22. The summed E-state index contributed by atoms with van der Waals surface area (Å²) in [6.45, 7) is 10.3. The minimum atomic E-state index is -0.132. The molecule has 0 aromatic carbocycles. The van der Waals surface area contributed by atoms with Gasteiger partial charge in [0.2, 0.25) is 5.88 Å². The van der Waals surface area contributed by atoms with E-state index in [4.69, 9.17) is 10.5 Å². The van der Waals surface area contributed by atoms with Crippen LogP contribution < -0.4 is 10.5 Å². The third-order valence-corrected chi connectivity index (χ3v) is 3.75. The first-order chi connectivity index (χ1) is 9.27. The van der Waals surface area contributed by atoms with E-state index in [1.54, 1.807) is 0 Å². The lowest BCUT2D eigenvalue weighted by Crippen LogP contribution is -2.36. The van der Waals surface area contributed by atoms with E-state index < -0.39 is 0 Å². The number of nitrogens with two attached hydrogens (primary N) is 1. The fourth-order valence-electron chi connectivity index (χ4n) is 2.22. The van der Waals surface area contributed by atoms with Gasteiger partial charge < -0.3 is 15.4 Å². The number of hydrogen-bond donors (Lipinski definition) is 1. The normalized spacial score (nSPS) is 18.2. The van der Waals surface area contributed by atoms with Crippen LogP contribution in [0.5, 0.6) is 5.88 Å². The number of aromatic nitrogens is 2. The van der Waals surface area contributed by atoms with E-state index in [0.29, 0.717) is 11.7 Å². The molecule has 0 spiro atoms. The first-order valence-electron chi connectivity index (χ1n) is 7.27. The summed E-state index contributed by atoms with van der Waals surface area (Å²) >= 11 is 0. The average molecular weight is 278 g/mol. The highest BCUT2D eigenvalue weighted by molar-refractivity contribution is 5.45. The maximum atomic E-state index is 6.09. The second-order valence-electron chi connectivity index (χ2n) is 6.73. The minimum absolute atomic E-state index is 0.132. The molecule has 1 aromatic rings. The average Bonchev–Trinajstić information content (AvgIpc) is 2.36. The summed E-state index contributed by atoms with van der Waals surface area (Å²) in [5, 5.41) is 0. The number of likely N-dealkylation sites (tertiary alicyclic amines) is 1. The zero-order chi connectivity index (χ0) is 14.9. The van der Waals surface area contributed by atoms with E-state index in [2.05, 4.69) is 42.7 Å². The highest BCUT2D eigenvalue weighted by Crippen LogP contribution is 2.27. The Morgan fingerprint density at radius 3 is 2.35 bits per heavy atom. The van der Waals surface area contributed by atoms with Crippen molar-refractivity contribution >= 4 is 5.82 Å². The summed E-state index contributed by atoms with van der Waals surface area (Å²) in [6, 6.07) is 0. The lowest BCUT2D eigenvalue weighted by atomic mass is 9.95. The number of nitrogen functional groups attached to an aromatic ring is 1. The van der Waals surface area contributed by atoms with Gasteiger partial charge in [0.15, 0.2) is 0 Å². The van der Waals surface area contributed by atoms with E-state index in [9.17, 15) is 0 Å². The Morgan fingerprint density at radius 2 is 1.80 bits per heavy atom. The van der Waals surface area contributed by atoms with E-state index in [0.717, 1.165) is 37.3 Å². The Hall–Kier alpha value is -1.36. The molecule has 0 saturated carbocycles. The molecule has 5 heteroatoms. The van der Waals surface area contributed by atoms with Crippen LogP contribution >= 0.6 is 0 Å². The van der Waals surface area contributed by atoms with Crippen LogP contribution in [-0.2, 0) is 5.41 Å². The molecule has 0 amide bonds. The Kier molecular flexibility index (Phi) is 4.18. The van der Waals surface area contributed by atoms with Crippen LogP contribution in [0.1, 0.15) is 45.0 Å². The van der Waals surface area contributed by atoms with E-state index in [1.165, 1.54) is 0 Å². The summed E-state index contributed by atoms with van der Waals surface area (Å²) in [5.41, 5.74) is 6.72. The van der Waals surface area contributed by atoms with Crippen LogP contribution in [0.15, 0.2) is 0 Å². The van der Waals surface area contributed by atoms with Gasteiger partial charge >= 0.3 is 0 Å². The molecule has 2 heterocycles. The van der Waals surface area contributed by atoms with Gasteiger partial charge in [-0.25, -0.2) is 4.98 Å². The van der Waals surface area contributed by atoms with Gasteiger partial charge in [-0.2, -0.15) is 4.98 Å². The van der Waals surface area contributed by atoms with Gasteiger partial charge in [-0.1, -0.05) is 20.8 Å². The quantitative estimate of drug-likeness (QED) is 0.898. The molecule has 0 atom stereocenters. The fraction of sp³-hybridized carbons (Fsp3) is 0.733. The zero-order valence-electron chi connectivity index (χ0n) is 13.2. The molecule has 0 bridgehead atoms. The predicted octanol–water partition coefficient (Wildman–Crippen LogP) is 2.14. The Labute approximate surface area is 121 Å². The largest absolute Gasteiger partial charge is 0.474 e. The summed E-state index contributed by atoms with van der Waals surface area (Å²) < 4.78 is 6.09. The molecule has 0 aliphatic carbocycles. The number of anilines is 1. The van der Waals surface area contributed by atoms with Crippen LogP contribution in [0.4, 0.5) is 5.82 Å². The number of piperidine rings is 1. The number of rotatable bonds is 2. The van der Waals surface area contributed by atoms with Crippen molar-refractivity contribution in [3.8, 4) is 5.88 Å². The molecule has 112 valence electrons. The van der Waals surface area contributed by atoms with Crippen molar-refractivity contribution in [1.29, 1.82) is 0 Å². The number of nitrogens with zero attached hydrogens (tertiary/aromatic N) is 3. The lowest BCUT2D eigenvalue weighted by molar-refractivity contribution is 0.108. The Morgan fingerprint density at radius 1 is 1.20 bits per heavy atom. The van der Waals surface area contributed by atoms with Crippen molar-refractivity contribution in [3.05, 3.63) is 11.4 Å². The van der Waals surface area contributed by atoms with Crippen LogP contribution in [0.25, 0.3) is 0 Å². The molecule has 2 N–H and O–H groups in total. The van der Waals surface area contributed by atoms with Crippen molar-refractivity contribution in [2.75, 3.05) is 25.9 Å². The standard InChI is InChI=1S/C15H26N4O/c1-10-12(16)17-14(15(2,3)4)18-13(10)20-11-6-8-19(5)9-7-11/h11H,6-9H2,1-5H3,(H2,16,17,18). The summed E-state index contributed by atoms with van der Waals surface area (Å²) in [5.74, 6) is 1.91. The van der Waals surface area contributed by atoms with Gasteiger partial charge in [-0.05, 0) is 26.8 Å². The van der Waals surface area contributed by atoms with Gasteiger partial charge in [0, 0.05) is 18.5 Å². The monoisotopic (exact) mass is 278 g/mol. The maximum Gasteiger partial charge on any atom is 0.222 e. The van der Waals surface area contributed by atoms with Gasteiger partial charge in [0.25, 0.3) is 0 Å². The molecular formula is C15H26N4O. The summed E-state index contributed by atoms with van der Waals surface area (Å²) in [6.07, 6.45) is 2.29. The van der Waals surface area contributed by atoms with Crippen LogP contribution in [0, 0.1) is 6.92 Å². The first-order valence-corrected chi connectivity index (χ1v) is 7.27. The third-order valence-electron chi connectivity index (χ3n) is 3.75. The van der Waals surface area contributed by atoms with Crippen molar-refractivity contribution in [2.45, 2.75) is 52.1 Å². The van der Waals surface area contributed by atoms with Crippen molar-refractivity contribution < 1.29 is 4.74 Å². The van der Waals surface area contributed by atoms with E-state index in [-0.39, 0.29) is 11.5 Å². The predicted molar refractivity (Wildman–Crippen MR) is 81.0 cm³/mol. The number of ether oxygens (including phenoxy) is 1. The first kappa shape index (κ1) is 15.0. The van der Waals surface area contributed by atoms with Crippen molar-refractivity contribution in [1.82, 2.24) is 14.9 Å². The molecule has 0 unspecified atom stereocenters.